The van der Waals surface area contributed by atoms with Gasteiger partial charge in [-0.15, -0.1) is 0 Å². The summed E-state index contributed by atoms with van der Waals surface area (Å²) < 4.78 is 18.9. The summed E-state index contributed by atoms with van der Waals surface area (Å²) in [7, 11) is 0. The maximum absolute atomic E-state index is 12.9. The van der Waals surface area contributed by atoms with Crippen molar-refractivity contribution in [1.82, 2.24) is 0 Å². The van der Waals surface area contributed by atoms with Gasteiger partial charge in [-0.3, -0.25) is 0 Å². The lowest BCUT2D eigenvalue weighted by Crippen LogP contribution is -2.27. The summed E-state index contributed by atoms with van der Waals surface area (Å²) >= 11 is 0. The van der Waals surface area contributed by atoms with Crippen LogP contribution < -0.4 is 5.32 Å². The van der Waals surface area contributed by atoms with Crippen molar-refractivity contribution in [2.45, 2.75) is 53.1 Å². The van der Waals surface area contributed by atoms with Gasteiger partial charge in [-0.25, -0.2) is 4.39 Å². The van der Waals surface area contributed by atoms with E-state index >= 15 is 0 Å². The molecule has 1 aliphatic rings. The summed E-state index contributed by atoms with van der Waals surface area (Å²) in [4.78, 5) is 0. The molecule has 1 N–H and O–H groups in total. The van der Waals surface area contributed by atoms with Gasteiger partial charge in [0.2, 0.25) is 0 Å². The lowest BCUT2D eigenvalue weighted by atomic mass is 9.90. The zero-order valence-corrected chi connectivity index (χ0v) is 16.0. The van der Waals surface area contributed by atoms with E-state index in [1.165, 1.54) is 17.7 Å². The number of allylic oxidation sites excluding steroid dienone is 3. The quantitative estimate of drug-likeness (QED) is 0.595. The summed E-state index contributed by atoms with van der Waals surface area (Å²) in [6, 6.07) is 6.32. The molecule has 2 rings (SSSR count). The number of anilines is 1. The highest BCUT2D eigenvalue weighted by molar-refractivity contribution is 5.47. The van der Waals surface area contributed by atoms with Gasteiger partial charge in [0.1, 0.15) is 5.82 Å². The number of nitrogens with one attached hydrogen (secondary N) is 1. The predicted molar refractivity (Wildman–Crippen MR) is 106 cm³/mol. The first-order chi connectivity index (χ1) is 12.1. The number of rotatable bonds is 6. The average Bonchev–Trinajstić information content (AvgIpc) is 2.64. The van der Waals surface area contributed by atoms with Crippen LogP contribution in [0.25, 0.3) is 0 Å². The van der Waals surface area contributed by atoms with E-state index in [1.807, 2.05) is 26.8 Å². The number of hydrogen-bond donors (Lipinski definition) is 1. The normalized spacial score (nSPS) is 20.8. The van der Waals surface area contributed by atoms with Crippen molar-refractivity contribution in [2.75, 3.05) is 11.9 Å². The Balaban J connectivity index is 0.00000151. The van der Waals surface area contributed by atoms with Crippen LogP contribution in [0.15, 0.2) is 60.3 Å². The van der Waals surface area contributed by atoms with Crippen LogP contribution in [0, 0.1) is 11.7 Å². The summed E-state index contributed by atoms with van der Waals surface area (Å²) in [5, 5.41) is 3.22. The topological polar surface area (TPSA) is 21.3 Å². The molecule has 0 radical (unpaired) electrons. The van der Waals surface area contributed by atoms with Crippen LogP contribution in [0.2, 0.25) is 0 Å². The summed E-state index contributed by atoms with van der Waals surface area (Å²) in [6.45, 7) is 13.0. The first-order valence-electron chi connectivity index (χ1n) is 9.20. The highest BCUT2D eigenvalue weighted by Crippen LogP contribution is 2.28. The fourth-order valence-electron chi connectivity index (χ4n) is 2.77. The van der Waals surface area contributed by atoms with Crippen LogP contribution in [-0.2, 0) is 4.74 Å². The molecule has 0 aromatic heterocycles. The number of halogens is 1. The maximum Gasteiger partial charge on any atom is 0.123 e. The zero-order chi connectivity index (χ0) is 18.7. The van der Waals surface area contributed by atoms with Crippen molar-refractivity contribution < 1.29 is 9.13 Å². The Labute approximate surface area is 152 Å². The molecule has 2 atom stereocenters. The van der Waals surface area contributed by atoms with Crippen molar-refractivity contribution in [3.63, 3.8) is 0 Å². The fraction of sp³-hybridized carbons (Fsp3) is 0.455. The van der Waals surface area contributed by atoms with Gasteiger partial charge >= 0.3 is 0 Å². The van der Waals surface area contributed by atoms with Crippen LogP contribution in [-0.4, -0.2) is 12.7 Å². The first kappa shape index (κ1) is 21.2. The van der Waals surface area contributed by atoms with Gasteiger partial charge in [0.15, 0.2) is 0 Å². The number of ether oxygens (including phenoxy) is 1. The molecule has 1 aromatic rings. The Morgan fingerprint density at radius 1 is 1.28 bits per heavy atom. The second kappa shape index (κ2) is 11.6. The molecule has 3 heteroatoms. The Morgan fingerprint density at radius 3 is 2.52 bits per heavy atom. The van der Waals surface area contributed by atoms with E-state index in [0.29, 0.717) is 5.92 Å². The van der Waals surface area contributed by atoms with E-state index < -0.39 is 0 Å². The summed E-state index contributed by atoms with van der Waals surface area (Å²) in [6.07, 6.45) is 9.47. The third-order valence-corrected chi connectivity index (χ3v) is 4.21. The third-order valence-electron chi connectivity index (χ3n) is 4.21. The molecule has 2 nitrogen and oxygen atoms in total. The van der Waals surface area contributed by atoms with Crippen LogP contribution in [0.3, 0.4) is 0 Å². The van der Waals surface area contributed by atoms with E-state index in [4.69, 9.17) is 4.74 Å². The van der Waals surface area contributed by atoms with Gasteiger partial charge in [0, 0.05) is 23.7 Å². The van der Waals surface area contributed by atoms with E-state index in [2.05, 4.69) is 31.0 Å². The minimum Gasteiger partial charge on any atom is -0.377 e. The van der Waals surface area contributed by atoms with Gasteiger partial charge in [0.25, 0.3) is 0 Å². The highest BCUT2D eigenvalue weighted by Gasteiger charge is 2.23. The second-order valence-corrected chi connectivity index (χ2v) is 6.11. The van der Waals surface area contributed by atoms with Gasteiger partial charge in [-0.1, -0.05) is 44.2 Å². The maximum atomic E-state index is 12.9. The van der Waals surface area contributed by atoms with Crippen molar-refractivity contribution in [2.24, 2.45) is 5.92 Å². The van der Waals surface area contributed by atoms with Crippen molar-refractivity contribution in [1.29, 1.82) is 0 Å². The number of hydrogen-bond acceptors (Lipinski definition) is 2. The third kappa shape index (κ3) is 7.70. The Morgan fingerprint density at radius 2 is 1.96 bits per heavy atom. The van der Waals surface area contributed by atoms with Crippen LogP contribution in [0.4, 0.5) is 10.1 Å². The van der Waals surface area contributed by atoms with E-state index in [0.717, 1.165) is 37.3 Å². The molecule has 0 bridgehead atoms. The lowest BCUT2D eigenvalue weighted by molar-refractivity contribution is -0.00547. The van der Waals surface area contributed by atoms with Gasteiger partial charge in [-0.05, 0) is 51.0 Å². The average molecular weight is 346 g/mol. The smallest absolute Gasteiger partial charge is 0.123 e. The Bertz CT molecular complexity index is 566. The molecule has 0 aliphatic carbocycles. The molecule has 138 valence electrons. The highest BCUT2D eigenvalue weighted by atomic mass is 19.1. The molecule has 1 aliphatic heterocycles. The fourth-order valence-corrected chi connectivity index (χ4v) is 2.77. The van der Waals surface area contributed by atoms with Gasteiger partial charge < -0.3 is 10.1 Å². The molecule has 0 saturated carbocycles. The Kier molecular flexibility index (Phi) is 9.86. The molecule has 1 heterocycles. The monoisotopic (exact) mass is 345 g/mol. The van der Waals surface area contributed by atoms with E-state index in [9.17, 15) is 4.39 Å². The van der Waals surface area contributed by atoms with Gasteiger partial charge in [-0.2, -0.15) is 0 Å². The van der Waals surface area contributed by atoms with Gasteiger partial charge in [0.05, 0.1) is 12.7 Å². The number of benzene rings is 1. The molecular weight excluding hydrogens is 313 g/mol. The van der Waals surface area contributed by atoms with Crippen molar-refractivity contribution in [3.05, 3.63) is 66.2 Å². The lowest BCUT2D eigenvalue weighted by Gasteiger charge is -2.30. The molecule has 0 amide bonds. The zero-order valence-electron chi connectivity index (χ0n) is 16.0. The molecule has 1 aromatic carbocycles. The second-order valence-electron chi connectivity index (χ2n) is 6.11. The Hall–Kier alpha value is -1.87. The van der Waals surface area contributed by atoms with Crippen molar-refractivity contribution in [3.8, 4) is 0 Å². The summed E-state index contributed by atoms with van der Waals surface area (Å²) in [5.74, 6) is 0.282. The van der Waals surface area contributed by atoms with E-state index in [1.54, 1.807) is 12.1 Å². The molecule has 25 heavy (non-hydrogen) atoms. The van der Waals surface area contributed by atoms with Crippen LogP contribution in [0.5, 0.6) is 0 Å². The first-order valence-corrected chi connectivity index (χ1v) is 9.20. The molecule has 1 saturated heterocycles. The minimum absolute atomic E-state index is 0.209. The molecule has 1 fully saturated rings. The van der Waals surface area contributed by atoms with Crippen LogP contribution in [0.1, 0.15) is 47.0 Å². The molecule has 0 spiro atoms. The van der Waals surface area contributed by atoms with Crippen LogP contribution >= 0.6 is 0 Å². The molecular formula is C22H32FNO. The standard InChI is InChI=1S/C20H26FNO.C2H6/c1-4-5-6-15(2)17-7-12-20(23-14-17)13-16(3)22-19-10-8-18(21)9-11-19;1-2/h4-6,8-11,17,20,22H,3,7,12-14H2,1-2H3;1-2H3/b5-4-,15-6+;. The SMILES string of the molecule is C=C(CC1CCC(/C(C)=C/C=C\C)CO1)Nc1ccc(F)cc1.CC. The minimum atomic E-state index is -0.232. The van der Waals surface area contributed by atoms with Crippen molar-refractivity contribution >= 4 is 5.69 Å². The summed E-state index contributed by atoms with van der Waals surface area (Å²) in [5.41, 5.74) is 3.14. The molecule has 2 unspecified atom stereocenters. The van der Waals surface area contributed by atoms with E-state index in [-0.39, 0.29) is 11.9 Å². The predicted octanol–water partition coefficient (Wildman–Crippen LogP) is 6.49. The largest absolute Gasteiger partial charge is 0.377 e.